The summed E-state index contributed by atoms with van der Waals surface area (Å²) in [5.41, 5.74) is 1.23. The zero-order valence-electron chi connectivity index (χ0n) is 10.4. The highest BCUT2D eigenvalue weighted by Crippen LogP contribution is 2.26. The first kappa shape index (κ1) is 12.8. The SMILES string of the molecule is CC(=Nc1ccccc1[N+](=O)[O-])Nc1ccccc1. The predicted molar refractivity (Wildman–Crippen MR) is 75.9 cm³/mol. The molecule has 0 bridgehead atoms. The molecule has 0 aliphatic heterocycles. The molecule has 0 heterocycles. The number of anilines is 1. The molecule has 5 nitrogen and oxygen atoms in total. The fraction of sp³-hybridized carbons (Fsp3) is 0.0714. The lowest BCUT2D eigenvalue weighted by Crippen LogP contribution is -2.06. The van der Waals surface area contributed by atoms with Crippen LogP contribution < -0.4 is 5.32 Å². The van der Waals surface area contributed by atoms with E-state index in [0.29, 0.717) is 11.5 Å². The van der Waals surface area contributed by atoms with Gasteiger partial charge in [-0.25, -0.2) is 4.99 Å². The molecule has 2 rings (SSSR count). The summed E-state index contributed by atoms with van der Waals surface area (Å²) in [6.07, 6.45) is 0. The van der Waals surface area contributed by atoms with Crippen molar-refractivity contribution in [2.45, 2.75) is 6.92 Å². The molecule has 0 saturated heterocycles. The Bertz CT molecular complexity index is 609. The van der Waals surface area contributed by atoms with Crippen molar-refractivity contribution in [3.63, 3.8) is 0 Å². The van der Waals surface area contributed by atoms with Gasteiger partial charge in [-0.05, 0) is 25.1 Å². The highest BCUT2D eigenvalue weighted by atomic mass is 16.6. The second kappa shape index (κ2) is 5.77. The predicted octanol–water partition coefficient (Wildman–Crippen LogP) is 3.76. The van der Waals surface area contributed by atoms with Gasteiger partial charge >= 0.3 is 0 Å². The third kappa shape index (κ3) is 3.38. The van der Waals surface area contributed by atoms with Gasteiger partial charge in [-0.3, -0.25) is 10.1 Å². The van der Waals surface area contributed by atoms with Crippen molar-refractivity contribution in [2.75, 3.05) is 5.32 Å². The number of nitrogens with one attached hydrogen (secondary N) is 1. The standard InChI is InChI=1S/C14H13N3O2/c1-11(15-12-7-3-2-4-8-12)16-13-9-5-6-10-14(13)17(18)19/h2-10H,1H3,(H,15,16). The molecule has 0 unspecified atom stereocenters. The zero-order valence-corrected chi connectivity index (χ0v) is 10.4. The van der Waals surface area contributed by atoms with Crippen molar-refractivity contribution in [1.29, 1.82) is 0 Å². The van der Waals surface area contributed by atoms with Crippen molar-refractivity contribution in [3.8, 4) is 0 Å². The number of rotatable bonds is 3. The summed E-state index contributed by atoms with van der Waals surface area (Å²) < 4.78 is 0. The molecule has 0 radical (unpaired) electrons. The maximum absolute atomic E-state index is 10.9. The topological polar surface area (TPSA) is 67.5 Å². The highest BCUT2D eigenvalue weighted by Gasteiger charge is 2.11. The van der Waals surface area contributed by atoms with E-state index >= 15 is 0 Å². The number of hydrogen-bond donors (Lipinski definition) is 1. The lowest BCUT2D eigenvalue weighted by Gasteiger charge is -2.05. The molecule has 0 saturated carbocycles. The second-order valence-electron chi connectivity index (χ2n) is 3.93. The number of nitro groups is 1. The maximum atomic E-state index is 10.9. The lowest BCUT2D eigenvalue weighted by molar-refractivity contribution is -0.384. The molecule has 0 spiro atoms. The second-order valence-corrected chi connectivity index (χ2v) is 3.93. The maximum Gasteiger partial charge on any atom is 0.294 e. The minimum Gasteiger partial charge on any atom is -0.344 e. The number of aliphatic imine (C=N–C) groups is 1. The van der Waals surface area contributed by atoms with E-state index in [1.165, 1.54) is 6.07 Å². The molecule has 19 heavy (non-hydrogen) atoms. The molecule has 0 aromatic heterocycles. The minimum atomic E-state index is -0.436. The van der Waals surface area contributed by atoms with Crippen LogP contribution >= 0.6 is 0 Å². The van der Waals surface area contributed by atoms with Gasteiger partial charge in [0, 0.05) is 11.8 Å². The van der Waals surface area contributed by atoms with Crippen molar-refractivity contribution < 1.29 is 4.92 Å². The van der Waals surface area contributed by atoms with Gasteiger partial charge in [-0.1, -0.05) is 30.3 Å². The van der Waals surface area contributed by atoms with Crippen LogP contribution in [0, 0.1) is 10.1 Å². The van der Waals surface area contributed by atoms with Gasteiger partial charge < -0.3 is 5.32 Å². The van der Waals surface area contributed by atoms with E-state index < -0.39 is 4.92 Å². The van der Waals surface area contributed by atoms with Crippen LogP contribution in [0.2, 0.25) is 0 Å². The van der Waals surface area contributed by atoms with Crippen LogP contribution in [0.5, 0.6) is 0 Å². The van der Waals surface area contributed by atoms with Gasteiger partial charge in [0.1, 0.15) is 11.5 Å². The number of hydrogen-bond acceptors (Lipinski definition) is 3. The summed E-state index contributed by atoms with van der Waals surface area (Å²) in [5, 5.41) is 14.0. The molecule has 96 valence electrons. The van der Waals surface area contributed by atoms with Crippen LogP contribution in [0.4, 0.5) is 17.1 Å². The van der Waals surface area contributed by atoms with Gasteiger partial charge in [-0.15, -0.1) is 0 Å². The summed E-state index contributed by atoms with van der Waals surface area (Å²) in [7, 11) is 0. The fourth-order valence-corrected chi connectivity index (χ4v) is 1.65. The molecular weight excluding hydrogens is 242 g/mol. The van der Waals surface area contributed by atoms with E-state index in [4.69, 9.17) is 0 Å². The molecule has 1 N–H and O–H groups in total. The van der Waals surface area contributed by atoms with Gasteiger partial charge in [0.25, 0.3) is 5.69 Å². The summed E-state index contributed by atoms with van der Waals surface area (Å²) in [4.78, 5) is 14.7. The van der Waals surface area contributed by atoms with E-state index in [-0.39, 0.29) is 5.69 Å². The molecule has 2 aromatic carbocycles. The molecule has 0 amide bonds. The molecule has 0 fully saturated rings. The van der Waals surface area contributed by atoms with Gasteiger partial charge in [0.05, 0.1) is 4.92 Å². The average molecular weight is 255 g/mol. The largest absolute Gasteiger partial charge is 0.344 e. The Labute approximate surface area is 110 Å². The molecule has 0 aliphatic carbocycles. The van der Waals surface area contributed by atoms with Gasteiger partial charge in [-0.2, -0.15) is 0 Å². The Balaban J connectivity index is 2.24. The van der Waals surface area contributed by atoms with E-state index in [2.05, 4.69) is 10.3 Å². The number of nitro benzene ring substituents is 1. The minimum absolute atomic E-state index is 0.00304. The van der Waals surface area contributed by atoms with E-state index in [0.717, 1.165) is 5.69 Å². The Morgan fingerprint density at radius 3 is 2.42 bits per heavy atom. The smallest absolute Gasteiger partial charge is 0.294 e. The Morgan fingerprint density at radius 1 is 1.11 bits per heavy atom. The number of nitrogens with zero attached hydrogens (tertiary/aromatic N) is 2. The van der Waals surface area contributed by atoms with Crippen molar-refractivity contribution in [2.24, 2.45) is 4.99 Å². The van der Waals surface area contributed by atoms with Crippen LogP contribution in [-0.2, 0) is 0 Å². The van der Waals surface area contributed by atoms with Gasteiger partial charge in [0.15, 0.2) is 0 Å². The molecule has 2 aromatic rings. The average Bonchev–Trinajstić information content (AvgIpc) is 2.40. The van der Waals surface area contributed by atoms with E-state index in [1.54, 1.807) is 25.1 Å². The molecule has 5 heteroatoms. The van der Waals surface area contributed by atoms with Crippen molar-refractivity contribution >= 4 is 22.9 Å². The lowest BCUT2D eigenvalue weighted by atomic mass is 10.3. The number of amidine groups is 1. The Hall–Kier alpha value is -2.69. The number of para-hydroxylation sites is 3. The normalized spacial score (nSPS) is 11.1. The molecule has 0 aliphatic rings. The number of benzene rings is 2. The van der Waals surface area contributed by atoms with Crippen molar-refractivity contribution in [1.82, 2.24) is 0 Å². The highest BCUT2D eigenvalue weighted by molar-refractivity contribution is 5.95. The van der Waals surface area contributed by atoms with Crippen molar-refractivity contribution in [3.05, 3.63) is 64.7 Å². The Kier molecular flexibility index (Phi) is 3.87. The molecule has 0 atom stereocenters. The third-order valence-electron chi connectivity index (χ3n) is 2.47. The van der Waals surface area contributed by atoms with Crippen LogP contribution in [0.25, 0.3) is 0 Å². The van der Waals surface area contributed by atoms with Crippen LogP contribution in [0.1, 0.15) is 6.92 Å². The quantitative estimate of drug-likeness (QED) is 0.393. The molecular formula is C14H13N3O2. The summed E-state index contributed by atoms with van der Waals surface area (Å²) in [5.74, 6) is 0.598. The zero-order chi connectivity index (χ0) is 13.7. The summed E-state index contributed by atoms with van der Waals surface area (Å²) >= 11 is 0. The first-order valence-electron chi connectivity index (χ1n) is 5.77. The third-order valence-corrected chi connectivity index (χ3v) is 2.47. The first-order valence-corrected chi connectivity index (χ1v) is 5.77. The fourth-order valence-electron chi connectivity index (χ4n) is 1.65. The van der Waals surface area contributed by atoms with Crippen LogP contribution in [0.3, 0.4) is 0 Å². The van der Waals surface area contributed by atoms with Crippen LogP contribution in [0.15, 0.2) is 59.6 Å². The van der Waals surface area contributed by atoms with E-state index in [1.807, 2.05) is 30.3 Å². The summed E-state index contributed by atoms with van der Waals surface area (Å²) in [6.45, 7) is 1.77. The van der Waals surface area contributed by atoms with E-state index in [9.17, 15) is 10.1 Å². The first-order chi connectivity index (χ1) is 9.16. The Morgan fingerprint density at radius 2 is 1.74 bits per heavy atom. The van der Waals surface area contributed by atoms with Crippen LogP contribution in [-0.4, -0.2) is 10.8 Å². The monoisotopic (exact) mass is 255 g/mol. The van der Waals surface area contributed by atoms with Gasteiger partial charge in [0.2, 0.25) is 0 Å². The summed E-state index contributed by atoms with van der Waals surface area (Å²) in [6, 6.07) is 15.9.